The number of benzene rings is 1. The average molecular weight is 403 g/mol. The fourth-order valence-electron chi connectivity index (χ4n) is 3.13. The second-order valence-corrected chi connectivity index (χ2v) is 8.20. The van der Waals surface area contributed by atoms with E-state index in [-0.39, 0.29) is 12.0 Å². The highest BCUT2D eigenvalue weighted by Gasteiger charge is 2.24. The van der Waals surface area contributed by atoms with E-state index in [4.69, 9.17) is 0 Å². The third kappa shape index (κ3) is 3.64. The molecule has 0 bridgehead atoms. The summed E-state index contributed by atoms with van der Waals surface area (Å²) in [4.78, 5) is 7.87. The van der Waals surface area contributed by atoms with E-state index in [1.54, 1.807) is 13.1 Å². The quantitative estimate of drug-likeness (QED) is 0.583. The van der Waals surface area contributed by atoms with E-state index >= 15 is 0 Å². The molecule has 132 valence electrons. The number of rotatable bonds is 5. The molecule has 0 fully saturated rings. The summed E-state index contributed by atoms with van der Waals surface area (Å²) < 4.78 is 1.01. The van der Waals surface area contributed by atoms with Crippen molar-refractivity contribution in [2.75, 3.05) is 6.61 Å². The molecule has 3 aromatic rings. The van der Waals surface area contributed by atoms with Crippen LogP contribution in [0.25, 0.3) is 22.2 Å². The molecular formula is C20H23BrN2O2. The molecule has 5 heteroatoms. The Morgan fingerprint density at radius 1 is 1.28 bits per heavy atom. The van der Waals surface area contributed by atoms with E-state index in [0.717, 1.165) is 32.2 Å². The SMILES string of the molecule is CC(O)c1ncccc1-c1[nH]c2ccc(Br)cc2c1CC(C)(C)CO. The molecule has 1 unspecified atom stereocenters. The lowest BCUT2D eigenvalue weighted by molar-refractivity contribution is 0.160. The normalized spacial score (nSPS) is 13.4. The van der Waals surface area contributed by atoms with Gasteiger partial charge in [0.1, 0.15) is 0 Å². The van der Waals surface area contributed by atoms with Crippen LogP contribution in [-0.2, 0) is 6.42 Å². The number of aliphatic hydroxyl groups is 2. The van der Waals surface area contributed by atoms with E-state index in [0.29, 0.717) is 12.1 Å². The highest BCUT2D eigenvalue weighted by atomic mass is 79.9. The smallest absolute Gasteiger partial charge is 0.0938 e. The predicted octanol–water partition coefficient (Wildman–Crippen LogP) is 4.61. The van der Waals surface area contributed by atoms with E-state index < -0.39 is 6.10 Å². The Morgan fingerprint density at radius 2 is 2.04 bits per heavy atom. The summed E-state index contributed by atoms with van der Waals surface area (Å²) in [7, 11) is 0. The third-order valence-electron chi connectivity index (χ3n) is 4.46. The molecule has 2 aromatic heterocycles. The summed E-state index contributed by atoms with van der Waals surface area (Å²) in [6, 6.07) is 9.99. The van der Waals surface area contributed by atoms with Gasteiger partial charge in [0.05, 0.1) is 17.5 Å². The molecule has 0 radical (unpaired) electrons. The van der Waals surface area contributed by atoms with Crippen molar-refractivity contribution in [2.24, 2.45) is 5.41 Å². The summed E-state index contributed by atoms with van der Waals surface area (Å²) in [6.07, 6.45) is 1.75. The Hall–Kier alpha value is -1.69. The first-order chi connectivity index (χ1) is 11.8. The first-order valence-corrected chi connectivity index (χ1v) is 9.16. The lowest BCUT2D eigenvalue weighted by atomic mass is 9.84. The van der Waals surface area contributed by atoms with Gasteiger partial charge < -0.3 is 15.2 Å². The monoisotopic (exact) mass is 402 g/mol. The number of halogens is 1. The Bertz CT molecular complexity index is 900. The number of nitrogens with one attached hydrogen (secondary N) is 1. The number of aliphatic hydroxyl groups excluding tert-OH is 2. The number of pyridine rings is 1. The topological polar surface area (TPSA) is 69.1 Å². The molecule has 25 heavy (non-hydrogen) atoms. The van der Waals surface area contributed by atoms with Gasteiger partial charge in [0.25, 0.3) is 0 Å². The first kappa shape index (κ1) is 18.1. The molecule has 1 aromatic carbocycles. The molecule has 0 aliphatic rings. The van der Waals surface area contributed by atoms with Crippen molar-refractivity contribution in [1.82, 2.24) is 9.97 Å². The molecule has 3 rings (SSSR count). The van der Waals surface area contributed by atoms with Crippen LogP contribution in [0, 0.1) is 5.41 Å². The lowest BCUT2D eigenvalue weighted by Crippen LogP contribution is -2.20. The van der Waals surface area contributed by atoms with Crippen molar-refractivity contribution in [3.63, 3.8) is 0 Å². The van der Waals surface area contributed by atoms with Crippen LogP contribution in [0.2, 0.25) is 0 Å². The Morgan fingerprint density at radius 3 is 2.72 bits per heavy atom. The number of fused-ring (bicyclic) bond motifs is 1. The van der Waals surface area contributed by atoms with Gasteiger partial charge in [0.15, 0.2) is 0 Å². The number of aromatic nitrogens is 2. The van der Waals surface area contributed by atoms with Crippen LogP contribution in [-0.4, -0.2) is 26.8 Å². The van der Waals surface area contributed by atoms with Crippen molar-refractivity contribution in [2.45, 2.75) is 33.3 Å². The first-order valence-electron chi connectivity index (χ1n) is 8.37. The van der Waals surface area contributed by atoms with Crippen molar-refractivity contribution in [1.29, 1.82) is 0 Å². The zero-order valence-corrected chi connectivity index (χ0v) is 16.3. The van der Waals surface area contributed by atoms with Gasteiger partial charge in [-0.15, -0.1) is 0 Å². The Labute approximate surface area is 156 Å². The second kappa shape index (κ2) is 6.90. The highest BCUT2D eigenvalue weighted by Crippen LogP contribution is 2.38. The summed E-state index contributed by atoms with van der Waals surface area (Å²) >= 11 is 3.55. The second-order valence-electron chi connectivity index (χ2n) is 7.28. The third-order valence-corrected chi connectivity index (χ3v) is 4.95. The standard InChI is InChI=1S/C20H23BrN2O2/c1-12(25)18-14(5-4-8-22-18)19-16(10-20(2,3)11-24)15-9-13(21)6-7-17(15)23-19/h4-9,12,23-25H,10-11H2,1-3H3. The number of aromatic amines is 1. The number of hydrogen-bond donors (Lipinski definition) is 3. The zero-order chi connectivity index (χ0) is 18.2. The van der Waals surface area contributed by atoms with Crippen molar-refractivity contribution in [3.8, 4) is 11.3 Å². The zero-order valence-electron chi connectivity index (χ0n) is 14.7. The van der Waals surface area contributed by atoms with Gasteiger partial charge in [-0.1, -0.05) is 29.8 Å². The lowest BCUT2D eigenvalue weighted by Gasteiger charge is -2.22. The van der Waals surface area contributed by atoms with Crippen molar-refractivity contribution in [3.05, 3.63) is 52.3 Å². The van der Waals surface area contributed by atoms with E-state index in [9.17, 15) is 10.2 Å². The molecule has 2 heterocycles. The van der Waals surface area contributed by atoms with E-state index in [1.165, 1.54) is 0 Å². The molecule has 4 nitrogen and oxygen atoms in total. The molecule has 0 aliphatic carbocycles. The molecule has 3 N–H and O–H groups in total. The Kier molecular flexibility index (Phi) is 5.00. The minimum Gasteiger partial charge on any atom is -0.396 e. The molecule has 0 aliphatic heterocycles. The minimum absolute atomic E-state index is 0.101. The summed E-state index contributed by atoms with van der Waals surface area (Å²) in [5.41, 5.74) is 4.41. The van der Waals surface area contributed by atoms with Crippen LogP contribution < -0.4 is 0 Å². The van der Waals surface area contributed by atoms with Crippen molar-refractivity contribution >= 4 is 26.8 Å². The van der Waals surface area contributed by atoms with Crippen LogP contribution in [0.5, 0.6) is 0 Å². The van der Waals surface area contributed by atoms with Crippen LogP contribution in [0.15, 0.2) is 41.0 Å². The molecule has 0 saturated carbocycles. The fourth-order valence-corrected chi connectivity index (χ4v) is 3.49. The minimum atomic E-state index is -0.659. The van der Waals surface area contributed by atoms with Crippen LogP contribution >= 0.6 is 15.9 Å². The maximum Gasteiger partial charge on any atom is 0.0938 e. The maximum absolute atomic E-state index is 10.1. The largest absolute Gasteiger partial charge is 0.396 e. The fraction of sp³-hybridized carbons (Fsp3) is 0.350. The van der Waals surface area contributed by atoms with Gasteiger partial charge in [-0.25, -0.2) is 0 Å². The van der Waals surface area contributed by atoms with Gasteiger partial charge >= 0.3 is 0 Å². The van der Waals surface area contributed by atoms with Gasteiger partial charge in [-0.05, 0) is 54.7 Å². The number of H-pyrrole nitrogens is 1. The van der Waals surface area contributed by atoms with Gasteiger partial charge in [0.2, 0.25) is 0 Å². The summed E-state index contributed by atoms with van der Waals surface area (Å²) in [5, 5.41) is 21.0. The molecule has 0 amide bonds. The maximum atomic E-state index is 10.1. The van der Waals surface area contributed by atoms with Gasteiger partial charge in [0, 0.05) is 33.7 Å². The van der Waals surface area contributed by atoms with Crippen molar-refractivity contribution < 1.29 is 10.2 Å². The molecule has 1 atom stereocenters. The summed E-state index contributed by atoms with van der Waals surface area (Å²) in [5.74, 6) is 0. The van der Waals surface area contributed by atoms with Crippen LogP contribution in [0.3, 0.4) is 0 Å². The molecular weight excluding hydrogens is 380 g/mol. The van der Waals surface area contributed by atoms with E-state index in [1.807, 2.05) is 38.1 Å². The average Bonchev–Trinajstić information content (AvgIpc) is 2.92. The van der Waals surface area contributed by atoms with Crippen LogP contribution in [0.1, 0.15) is 38.1 Å². The highest BCUT2D eigenvalue weighted by molar-refractivity contribution is 9.10. The summed E-state index contributed by atoms with van der Waals surface area (Å²) in [6.45, 7) is 5.92. The van der Waals surface area contributed by atoms with Gasteiger partial charge in [-0.3, -0.25) is 4.98 Å². The molecule has 0 saturated heterocycles. The van der Waals surface area contributed by atoms with Crippen LogP contribution in [0.4, 0.5) is 0 Å². The number of hydrogen-bond acceptors (Lipinski definition) is 3. The molecule has 0 spiro atoms. The van der Waals surface area contributed by atoms with Gasteiger partial charge in [-0.2, -0.15) is 0 Å². The Balaban J connectivity index is 2.28. The predicted molar refractivity (Wildman–Crippen MR) is 104 cm³/mol. The number of nitrogens with zero attached hydrogens (tertiary/aromatic N) is 1. The van der Waals surface area contributed by atoms with E-state index in [2.05, 4.69) is 32.0 Å².